The highest BCUT2D eigenvalue weighted by molar-refractivity contribution is 5.76. The van der Waals surface area contributed by atoms with E-state index in [9.17, 15) is 15.0 Å². The van der Waals surface area contributed by atoms with Gasteiger partial charge in [-0.05, 0) is 64.2 Å². The molecule has 396 valence electrons. The fourth-order valence-electron chi connectivity index (χ4n) is 9.15. The lowest BCUT2D eigenvalue weighted by atomic mass is 10.0. The van der Waals surface area contributed by atoms with Crippen molar-refractivity contribution in [2.45, 2.75) is 321 Å². The quantitative estimate of drug-likeness (QED) is 0.0420. The van der Waals surface area contributed by atoms with Gasteiger partial charge in [0.1, 0.15) is 0 Å². The largest absolute Gasteiger partial charge is 0.394 e. The molecule has 2 atom stereocenters. The van der Waals surface area contributed by atoms with Gasteiger partial charge in [-0.25, -0.2) is 0 Å². The van der Waals surface area contributed by atoms with Crippen molar-refractivity contribution in [1.82, 2.24) is 5.32 Å². The van der Waals surface area contributed by atoms with Crippen molar-refractivity contribution in [1.29, 1.82) is 0 Å². The fraction of sp³-hybridized carbons (Fsp3) is 0.797. The molecular formula is C64H117NO3. The molecule has 2 unspecified atom stereocenters. The molecule has 4 heteroatoms. The highest BCUT2D eigenvalue weighted by Gasteiger charge is 2.18. The number of hydrogen-bond acceptors (Lipinski definition) is 3. The Morgan fingerprint density at radius 1 is 0.368 bits per heavy atom. The molecule has 0 bridgehead atoms. The van der Waals surface area contributed by atoms with Gasteiger partial charge in [0.05, 0.1) is 18.8 Å². The molecule has 0 fully saturated rings. The number of rotatable bonds is 55. The van der Waals surface area contributed by atoms with Crippen molar-refractivity contribution in [3.05, 3.63) is 72.9 Å². The van der Waals surface area contributed by atoms with Crippen LogP contribution in [-0.4, -0.2) is 34.9 Å². The number of nitrogens with one attached hydrogen (secondary N) is 1. The predicted molar refractivity (Wildman–Crippen MR) is 304 cm³/mol. The average molecular weight is 949 g/mol. The molecule has 0 saturated carbocycles. The van der Waals surface area contributed by atoms with Gasteiger partial charge in [0.2, 0.25) is 5.91 Å². The molecule has 0 heterocycles. The minimum atomic E-state index is -0.843. The summed E-state index contributed by atoms with van der Waals surface area (Å²) in [6.07, 6.45) is 85.1. The van der Waals surface area contributed by atoms with Gasteiger partial charge in [-0.15, -0.1) is 0 Å². The van der Waals surface area contributed by atoms with Crippen LogP contribution in [0.25, 0.3) is 0 Å². The van der Waals surface area contributed by atoms with Gasteiger partial charge in [0.25, 0.3) is 0 Å². The van der Waals surface area contributed by atoms with E-state index in [-0.39, 0.29) is 12.5 Å². The number of carbonyl (C=O) groups is 1. The van der Waals surface area contributed by atoms with E-state index in [0.717, 1.165) is 57.8 Å². The van der Waals surface area contributed by atoms with Crippen LogP contribution in [0.3, 0.4) is 0 Å². The zero-order chi connectivity index (χ0) is 49.2. The number of aliphatic hydroxyl groups excluding tert-OH is 2. The molecule has 0 aliphatic carbocycles. The molecule has 0 spiro atoms. The number of aliphatic hydroxyl groups is 2. The van der Waals surface area contributed by atoms with Gasteiger partial charge in [-0.2, -0.15) is 0 Å². The zero-order valence-electron chi connectivity index (χ0n) is 45.6. The smallest absolute Gasteiger partial charge is 0.220 e. The van der Waals surface area contributed by atoms with Crippen LogP contribution < -0.4 is 5.32 Å². The first-order valence-corrected chi connectivity index (χ1v) is 30.2. The van der Waals surface area contributed by atoms with Crippen LogP contribution in [-0.2, 0) is 4.79 Å². The van der Waals surface area contributed by atoms with Crippen LogP contribution in [0.5, 0.6) is 0 Å². The van der Waals surface area contributed by atoms with Crippen molar-refractivity contribution < 1.29 is 15.0 Å². The van der Waals surface area contributed by atoms with E-state index in [4.69, 9.17) is 0 Å². The third kappa shape index (κ3) is 54.8. The Bertz CT molecular complexity index is 1170. The summed E-state index contributed by atoms with van der Waals surface area (Å²) in [5.41, 5.74) is 0. The van der Waals surface area contributed by atoms with E-state index in [1.165, 1.54) is 231 Å². The summed E-state index contributed by atoms with van der Waals surface area (Å²) in [6, 6.07) is -0.626. The van der Waals surface area contributed by atoms with Gasteiger partial charge >= 0.3 is 0 Å². The second-order valence-corrected chi connectivity index (χ2v) is 20.4. The summed E-state index contributed by atoms with van der Waals surface area (Å²) < 4.78 is 0. The lowest BCUT2D eigenvalue weighted by Gasteiger charge is -2.20. The van der Waals surface area contributed by atoms with Crippen LogP contribution >= 0.6 is 0 Å². The SMILES string of the molecule is CC/C=C\C/C=C\C/C=C\C/C=C\C/C=C\CCCCCCCCCCCCCCCCCC(=O)NC(CO)C(O)/C=C/CCCCCCCCCCCCCCCCCCCCCCCCC. The Morgan fingerprint density at radius 3 is 0.971 bits per heavy atom. The Labute approximate surface area is 425 Å². The van der Waals surface area contributed by atoms with Crippen LogP contribution in [0.4, 0.5) is 0 Å². The standard InChI is InChI=1S/C64H117NO3/c1-3-5-7-9-11-13-15-17-19-21-23-25-27-29-30-31-32-33-34-36-38-40-42-44-46-48-50-52-54-56-58-60-64(68)65-62(61-66)63(67)59-57-55-53-51-49-47-45-43-41-39-37-35-28-26-24-22-20-18-16-14-12-10-8-6-4-2/h5,7,11,13,17,19,23,25,29-30,57,59,62-63,66-67H,3-4,6,8-10,12,14-16,18,20-22,24,26-28,31-56,58,60-61H2,1-2H3,(H,65,68)/b7-5-,13-11-,19-17-,25-23-,30-29-,59-57+. The maximum Gasteiger partial charge on any atom is 0.220 e. The van der Waals surface area contributed by atoms with E-state index in [0.29, 0.717) is 6.42 Å². The molecule has 0 rings (SSSR count). The van der Waals surface area contributed by atoms with Gasteiger partial charge in [0, 0.05) is 6.42 Å². The van der Waals surface area contributed by atoms with Crippen LogP contribution in [0.15, 0.2) is 72.9 Å². The monoisotopic (exact) mass is 948 g/mol. The third-order valence-corrected chi connectivity index (χ3v) is 13.7. The molecule has 0 aromatic rings. The highest BCUT2D eigenvalue weighted by atomic mass is 16.3. The molecule has 3 N–H and O–H groups in total. The topological polar surface area (TPSA) is 69.6 Å². The summed E-state index contributed by atoms with van der Waals surface area (Å²) in [5.74, 6) is -0.0624. The summed E-state index contributed by atoms with van der Waals surface area (Å²) >= 11 is 0. The second kappa shape index (κ2) is 59.1. The Balaban J connectivity index is 3.49. The molecule has 68 heavy (non-hydrogen) atoms. The molecule has 0 aliphatic heterocycles. The fourth-order valence-corrected chi connectivity index (χ4v) is 9.15. The Kier molecular flexibility index (Phi) is 57.3. The second-order valence-electron chi connectivity index (χ2n) is 20.4. The third-order valence-electron chi connectivity index (χ3n) is 13.7. The molecule has 1 amide bonds. The summed E-state index contributed by atoms with van der Waals surface area (Å²) in [7, 11) is 0. The lowest BCUT2D eigenvalue weighted by Crippen LogP contribution is -2.45. The first-order chi connectivity index (χ1) is 33.7. The Hall–Kier alpha value is -2.17. The van der Waals surface area contributed by atoms with Crippen molar-refractivity contribution in [3.8, 4) is 0 Å². The van der Waals surface area contributed by atoms with Crippen molar-refractivity contribution in [2.24, 2.45) is 0 Å². The normalized spacial score (nSPS) is 13.3. The van der Waals surface area contributed by atoms with Crippen LogP contribution in [0.1, 0.15) is 309 Å². The van der Waals surface area contributed by atoms with E-state index < -0.39 is 12.1 Å². The lowest BCUT2D eigenvalue weighted by molar-refractivity contribution is -0.123. The maximum absolute atomic E-state index is 12.5. The van der Waals surface area contributed by atoms with Crippen molar-refractivity contribution >= 4 is 5.91 Å². The number of hydrogen-bond donors (Lipinski definition) is 3. The van der Waals surface area contributed by atoms with Gasteiger partial charge in [-0.1, -0.05) is 311 Å². The minimum absolute atomic E-state index is 0.0624. The number of allylic oxidation sites excluding steroid dienone is 11. The maximum atomic E-state index is 12.5. The molecule has 0 saturated heterocycles. The number of unbranched alkanes of at least 4 members (excludes halogenated alkanes) is 38. The van der Waals surface area contributed by atoms with Gasteiger partial charge in [-0.3, -0.25) is 4.79 Å². The molecule has 0 aromatic heterocycles. The van der Waals surface area contributed by atoms with Crippen LogP contribution in [0.2, 0.25) is 0 Å². The predicted octanol–water partition coefficient (Wildman–Crippen LogP) is 20.1. The first kappa shape index (κ1) is 65.8. The van der Waals surface area contributed by atoms with E-state index in [2.05, 4.69) is 79.9 Å². The first-order valence-electron chi connectivity index (χ1n) is 30.2. The van der Waals surface area contributed by atoms with Crippen molar-refractivity contribution in [3.63, 3.8) is 0 Å². The molecule has 4 nitrogen and oxygen atoms in total. The van der Waals surface area contributed by atoms with E-state index in [1.54, 1.807) is 6.08 Å². The Morgan fingerprint density at radius 2 is 0.647 bits per heavy atom. The van der Waals surface area contributed by atoms with Gasteiger partial charge < -0.3 is 15.5 Å². The molecule has 0 aromatic carbocycles. The minimum Gasteiger partial charge on any atom is -0.394 e. The van der Waals surface area contributed by atoms with Crippen LogP contribution in [0, 0.1) is 0 Å². The number of amides is 1. The average Bonchev–Trinajstić information content (AvgIpc) is 3.34. The summed E-state index contributed by atoms with van der Waals surface area (Å²) in [4.78, 5) is 12.5. The number of carbonyl (C=O) groups excluding carboxylic acids is 1. The summed E-state index contributed by atoms with van der Waals surface area (Å²) in [5, 5.41) is 23.2. The van der Waals surface area contributed by atoms with Crippen molar-refractivity contribution in [2.75, 3.05) is 6.61 Å². The zero-order valence-corrected chi connectivity index (χ0v) is 45.6. The molecule has 0 radical (unpaired) electrons. The van der Waals surface area contributed by atoms with Gasteiger partial charge in [0.15, 0.2) is 0 Å². The molecular weight excluding hydrogens is 831 g/mol. The summed E-state index contributed by atoms with van der Waals surface area (Å²) in [6.45, 7) is 4.22. The van der Waals surface area contributed by atoms with E-state index >= 15 is 0 Å². The molecule has 0 aliphatic rings. The highest BCUT2D eigenvalue weighted by Crippen LogP contribution is 2.17. The van der Waals surface area contributed by atoms with E-state index in [1.807, 2.05) is 6.08 Å².